The summed E-state index contributed by atoms with van der Waals surface area (Å²) in [4.78, 5) is 0. The van der Waals surface area contributed by atoms with E-state index in [9.17, 15) is 0 Å². The molecule has 0 saturated heterocycles. The summed E-state index contributed by atoms with van der Waals surface area (Å²) in [6, 6.07) is 40.7. The first kappa shape index (κ1) is 42.2. The molecular formula is C46H56Cl2SiZr. The van der Waals surface area contributed by atoms with Gasteiger partial charge < -0.3 is 0 Å². The van der Waals surface area contributed by atoms with E-state index in [1.54, 1.807) is 0 Å². The maximum atomic E-state index is 4.93. The van der Waals surface area contributed by atoms with Crippen LogP contribution in [-0.4, -0.2) is 9.52 Å². The molecule has 0 saturated carbocycles. The van der Waals surface area contributed by atoms with Gasteiger partial charge in [0, 0.05) is 9.52 Å². The van der Waals surface area contributed by atoms with Gasteiger partial charge in [0.15, 0.2) is 0 Å². The summed E-state index contributed by atoms with van der Waals surface area (Å²) in [6.45, 7) is 17.9. The Labute approximate surface area is 325 Å². The number of hydrogen-bond donors (Lipinski definition) is 0. The third kappa shape index (κ3) is 11.9. The van der Waals surface area contributed by atoms with Crippen molar-refractivity contribution in [1.82, 2.24) is 0 Å². The molecule has 0 aliphatic carbocycles. The van der Waals surface area contributed by atoms with Crippen molar-refractivity contribution < 1.29 is 20.8 Å². The number of benzene rings is 4. The van der Waals surface area contributed by atoms with E-state index >= 15 is 0 Å². The molecule has 262 valence electrons. The summed E-state index contributed by atoms with van der Waals surface area (Å²) < 4.78 is 0. The molecule has 0 nitrogen and oxygen atoms in total. The van der Waals surface area contributed by atoms with Crippen LogP contribution < -0.4 is 0 Å². The van der Waals surface area contributed by atoms with E-state index in [-0.39, 0.29) is 0 Å². The fourth-order valence-electron chi connectivity index (χ4n) is 6.39. The van der Waals surface area contributed by atoms with Crippen molar-refractivity contribution in [2.24, 2.45) is 0 Å². The molecule has 0 aliphatic heterocycles. The summed E-state index contributed by atoms with van der Waals surface area (Å²) >= 11 is -0.826. The number of unbranched alkanes of at least 4 members (excludes halogenated alkanes) is 2. The molecule has 0 amide bonds. The molecule has 0 fully saturated rings. The van der Waals surface area contributed by atoms with E-state index in [4.69, 9.17) is 17.0 Å². The molecule has 0 aromatic heterocycles. The first-order chi connectivity index (χ1) is 24.2. The van der Waals surface area contributed by atoms with Crippen LogP contribution in [0.3, 0.4) is 0 Å². The van der Waals surface area contributed by atoms with E-state index in [1.165, 1.54) is 105 Å². The Hall–Kier alpha value is -2.22. The van der Waals surface area contributed by atoms with Crippen LogP contribution in [0.2, 0.25) is 13.1 Å². The third-order valence-corrected chi connectivity index (χ3v) is 9.09. The van der Waals surface area contributed by atoms with Crippen molar-refractivity contribution in [1.29, 1.82) is 0 Å². The number of aryl methyl sites for hydroxylation is 2. The van der Waals surface area contributed by atoms with Gasteiger partial charge in [0.05, 0.1) is 0 Å². The third-order valence-electron chi connectivity index (χ3n) is 9.09. The van der Waals surface area contributed by atoms with Gasteiger partial charge >= 0.3 is 37.9 Å². The van der Waals surface area contributed by atoms with Gasteiger partial charge in [0.1, 0.15) is 0 Å². The van der Waals surface area contributed by atoms with Gasteiger partial charge in [0.25, 0.3) is 0 Å². The normalized spacial score (nSPS) is 10.6. The number of hydrogen-bond acceptors (Lipinski definition) is 0. The molecule has 6 rings (SSSR count). The standard InChI is InChI=1S/2C22H25.C2H6Si.2ClH.Zr/c2*1-4-5-9-17-10-6-7-12-20(17)21-13-8-11-18-14-19(16(2)3)15-22(18)21;1-3-2;;;/h2*6-8,10-16H,4-5,9H2,1-3H3;1-2H3;2*1H;/q2*-1;;;;+4/p-2. The Morgan fingerprint density at radius 1 is 0.560 bits per heavy atom. The van der Waals surface area contributed by atoms with Crippen LogP contribution in [0, 0.1) is 0 Å². The van der Waals surface area contributed by atoms with Crippen molar-refractivity contribution in [3.8, 4) is 22.3 Å². The Morgan fingerprint density at radius 2 is 0.900 bits per heavy atom. The average Bonchev–Trinajstić information content (AvgIpc) is 3.77. The van der Waals surface area contributed by atoms with E-state index < -0.39 is 20.8 Å². The van der Waals surface area contributed by atoms with Crippen molar-refractivity contribution in [2.45, 2.75) is 105 Å². The van der Waals surface area contributed by atoms with Gasteiger partial charge in [-0.2, -0.15) is 12.1 Å². The Kier molecular flexibility index (Phi) is 19.1. The van der Waals surface area contributed by atoms with E-state index in [0.717, 1.165) is 9.52 Å². The summed E-state index contributed by atoms with van der Waals surface area (Å²) in [6.07, 6.45) is 7.33. The first-order valence-corrected chi connectivity index (χ1v) is 26.7. The van der Waals surface area contributed by atoms with Crippen LogP contribution in [0.15, 0.2) is 109 Å². The van der Waals surface area contributed by atoms with Crippen LogP contribution in [0.5, 0.6) is 0 Å². The predicted molar refractivity (Wildman–Crippen MR) is 225 cm³/mol. The number of fused-ring (bicyclic) bond motifs is 2. The van der Waals surface area contributed by atoms with Gasteiger partial charge in [-0.15, -0.1) is 69.1 Å². The molecule has 0 unspecified atom stereocenters. The zero-order chi connectivity index (χ0) is 36.5. The van der Waals surface area contributed by atoms with Gasteiger partial charge in [0.2, 0.25) is 0 Å². The summed E-state index contributed by atoms with van der Waals surface area (Å²) in [7, 11) is 11.0. The topological polar surface area (TPSA) is 0 Å². The summed E-state index contributed by atoms with van der Waals surface area (Å²) in [5.41, 5.74) is 11.4. The molecule has 2 radical (unpaired) electrons. The Bertz CT molecular complexity index is 1710. The zero-order valence-electron chi connectivity index (χ0n) is 31.5. The van der Waals surface area contributed by atoms with E-state index in [2.05, 4.69) is 164 Å². The maximum absolute atomic E-state index is 4.93. The molecule has 0 bridgehead atoms. The Balaban J connectivity index is 0.000000234. The van der Waals surface area contributed by atoms with Crippen LogP contribution in [0.25, 0.3) is 43.8 Å². The van der Waals surface area contributed by atoms with Crippen molar-refractivity contribution in [3.63, 3.8) is 0 Å². The molecule has 0 N–H and O–H groups in total. The molecule has 6 aromatic rings. The molecule has 0 spiro atoms. The van der Waals surface area contributed by atoms with Crippen LogP contribution in [-0.2, 0) is 33.7 Å². The van der Waals surface area contributed by atoms with Crippen molar-refractivity contribution >= 4 is 48.1 Å². The summed E-state index contributed by atoms with van der Waals surface area (Å²) in [5.74, 6) is 1.16. The second-order valence-corrected chi connectivity index (χ2v) is 18.3. The zero-order valence-corrected chi connectivity index (χ0v) is 36.5. The van der Waals surface area contributed by atoms with E-state index in [0.29, 0.717) is 11.8 Å². The quantitative estimate of drug-likeness (QED) is 0.0956. The van der Waals surface area contributed by atoms with Crippen LogP contribution in [0.1, 0.15) is 101 Å². The van der Waals surface area contributed by atoms with Crippen molar-refractivity contribution in [2.75, 3.05) is 0 Å². The number of halogens is 2. The molecule has 0 atom stereocenters. The van der Waals surface area contributed by atoms with Crippen LogP contribution in [0.4, 0.5) is 0 Å². The fraction of sp³-hybridized carbons (Fsp3) is 0.348. The SMILES string of the molecule is CCCCc1ccccc1-c1cccc2[cH-]c(C(C)C)cc12.CCCCc1ccccc1-c1cccc2[cH-]c(C(C)C)cc12.C[Si]C.[Cl][Zr+2][Cl]. The first-order valence-electron chi connectivity index (χ1n) is 18.3. The minimum atomic E-state index is -0.826. The van der Waals surface area contributed by atoms with Gasteiger partial charge in [-0.25, -0.2) is 0 Å². The molecule has 6 aromatic carbocycles. The van der Waals surface area contributed by atoms with Gasteiger partial charge in [-0.3, -0.25) is 0 Å². The predicted octanol–water partition coefficient (Wildman–Crippen LogP) is 15.5. The molecule has 50 heavy (non-hydrogen) atoms. The fourth-order valence-corrected chi connectivity index (χ4v) is 6.39. The average molecular weight is 799 g/mol. The van der Waals surface area contributed by atoms with Crippen molar-refractivity contribution in [3.05, 3.63) is 131 Å². The van der Waals surface area contributed by atoms with Gasteiger partial charge in [-0.05, 0) is 59.8 Å². The summed E-state index contributed by atoms with van der Waals surface area (Å²) in [5, 5.41) is 5.53. The monoisotopic (exact) mass is 796 g/mol. The van der Waals surface area contributed by atoms with E-state index in [1.807, 2.05) is 0 Å². The van der Waals surface area contributed by atoms with Gasteiger partial charge in [-0.1, -0.05) is 139 Å². The second-order valence-electron chi connectivity index (χ2n) is 13.6. The molecule has 0 aliphatic rings. The Morgan fingerprint density at radius 3 is 1.24 bits per heavy atom. The van der Waals surface area contributed by atoms with Crippen LogP contribution >= 0.6 is 17.0 Å². The second kappa shape index (κ2) is 22.7. The molecule has 4 heteroatoms. The molecule has 0 heterocycles. The number of rotatable bonds is 10. The molecular weight excluding hydrogens is 743 g/mol. The minimum absolute atomic E-state index is 0.579.